The highest BCUT2D eigenvalue weighted by molar-refractivity contribution is 5.85. The first-order valence-corrected chi connectivity index (χ1v) is 7.35. The normalized spacial score (nSPS) is 13.7. The van der Waals surface area contributed by atoms with E-state index in [1.54, 1.807) is 6.92 Å². The number of quaternary nitrogens is 1. The van der Waals surface area contributed by atoms with Crippen LogP contribution in [-0.4, -0.2) is 68.9 Å². The fraction of sp³-hybridized carbons (Fsp3) is 1.00. The van der Waals surface area contributed by atoms with Crippen LogP contribution in [0.3, 0.4) is 0 Å². The first-order valence-electron chi connectivity index (χ1n) is 7.35. The molecule has 0 aliphatic heterocycles. The highest BCUT2D eigenvalue weighted by Crippen LogP contribution is 1.76. The lowest BCUT2D eigenvalue weighted by molar-refractivity contribution is -1.06. The standard InChI is InChI=1S/C12H31N5O3.ClH/c1-12(17(19)20)10-15-6-2-4-13-8-9-14-5-3-7-16-11-18;/h12-19H,2-11H2,1H3;1H. The van der Waals surface area contributed by atoms with Crippen molar-refractivity contribution in [2.45, 2.75) is 25.8 Å². The molecule has 130 valence electrons. The van der Waals surface area contributed by atoms with Crippen LogP contribution in [0.25, 0.3) is 0 Å². The number of aliphatic hydroxyl groups excluding tert-OH is 1. The maximum absolute atomic E-state index is 10.6. The van der Waals surface area contributed by atoms with Crippen LogP contribution in [0.1, 0.15) is 19.8 Å². The molecule has 0 aromatic heterocycles. The van der Waals surface area contributed by atoms with Crippen LogP contribution in [0.4, 0.5) is 0 Å². The molecule has 0 saturated carbocycles. The van der Waals surface area contributed by atoms with Gasteiger partial charge in [0.2, 0.25) is 0 Å². The van der Waals surface area contributed by atoms with Gasteiger partial charge in [-0.15, -0.1) is 12.4 Å². The van der Waals surface area contributed by atoms with Gasteiger partial charge < -0.3 is 26.3 Å². The molecule has 0 aliphatic carbocycles. The number of rotatable bonds is 15. The average molecular weight is 330 g/mol. The second-order valence-corrected chi connectivity index (χ2v) is 4.81. The SMILES string of the molecule is CC(CNCCCNCCNCCCNCO)[NH+]([O-])O.Cl. The van der Waals surface area contributed by atoms with Crippen LogP contribution >= 0.6 is 12.4 Å². The Hall–Kier alpha value is -0.0300. The Morgan fingerprint density at radius 1 is 0.905 bits per heavy atom. The van der Waals surface area contributed by atoms with Gasteiger partial charge >= 0.3 is 0 Å². The van der Waals surface area contributed by atoms with Crippen molar-refractivity contribution in [2.75, 3.05) is 52.5 Å². The van der Waals surface area contributed by atoms with Crippen molar-refractivity contribution in [3.63, 3.8) is 0 Å². The minimum atomic E-state index is -0.754. The molecule has 0 heterocycles. The van der Waals surface area contributed by atoms with Crippen LogP contribution in [0.2, 0.25) is 0 Å². The first kappa shape index (κ1) is 23.2. The summed E-state index contributed by atoms with van der Waals surface area (Å²) in [5.74, 6) is 0. The molecule has 0 bridgehead atoms. The zero-order valence-corrected chi connectivity index (χ0v) is 13.7. The fourth-order valence-electron chi connectivity index (χ4n) is 1.59. The molecule has 2 unspecified atom stereocenters. The first-order chi connectivity index (χ1) is 9.68. The molecule has 0 radical (unpaired) electrons. The van der Waals surface area contributed by atoms with Gasteiger partial charge in [-0.1, -0.05) is 0 Å². The molecule has 0 aromatic carbocycles. The van der Waals surface area contributed by atoms with Gasteiger partial charge in [-0.3, -0.25) is 5.32 Å². The zero-order valence-electron chi connectivity index (χ0n) is 12.9. The van der Waals surface area contributed by atoms with E-state index in [-0.39, 0.29) is 25.2 Å². The molecular weight excluding hydrogens is 298 g/mol. The van der Waals surface area contributed by atoms with Gasteiger partial charge in [0.05, 0.1) is 13.3 Å². The van der Waals surface area contributed by atoms with Crippen LogP contribution in [-0.2, 0) is 0 Å². The summed E-state index contributed by atoms with van der Waals surface area (Å²) < 4.78 is 0. The van der Waals surface area contributed by atoms with E-state index in [0.29, 0.717) is 6.54 Å². The minimum Gasteiger partial charge on any atom is -0.600 e. The third-order valence-corrected chi connectivity index (χ3v) is 2.88. The van der Waals surface area contributed by atoms with Crippen molar-refractivity contribution in [3.8, 4) is 0 Å². The van der Waals surface area contributed by atoms with Crippen molar-refractivity contribution in [2.24, 2.45) is 0 Å². The van der Waals surface area contributed by atoms with Crippen molar-refractivity contribution in [1.82, 2.24) is 21.3 Å². The molecule has 8 nitrogen and oxygen atoms in total. The van der Waals surface area contributed by atoms with E-state index in [4.69, 9.17) is 10.3 Å². The Kier molecular flexibility index (Phi) is 19.9. The van der Waals surface area contributed by atoms with E-state index in [1.807, 2.05) is 0 Å². The van der Waals surface area contributed by atoms with Crippen LogP contribution in [0.5, 0.6) is 0 Å². The summed E-state index contributed by atoms with van der Waals surface area (Å²) >= 11 is 0. The average Bonchev–Trinajstić information content (AvgIpc) is 2.43. The van der Waals surface area contributed by atoms with E-state index >= 15 is 0 Å². The van der Waals surface area contributed by atoms with Gasteiger partial charge in [-0.05, 0) is 45.9 Å². The van der Waals surface area contributed by atoms with Crippen molar-refractivity contribution in [3.05, 3.63) is 5.21 Å². The maximum atomic E-state index is 10.6. The zero-order chi connectivity index (χ0) is 15.1. The van der Waals surface area contributed by atoms with Crippen LogP contribution in [0, 0.1) is 5.21 Å². The van der Waals surface area contributed by atoms with Crippen molar-refractivity contribution in [1.29, 1.82) is 0 Å². The Balaban J connectivity index is 0. The molecule has 0 aliphatic rings. The van der Waals surface area contributed by atoms with Gasteiger partial charge in [-0.2, -0.15) is 0 Å². The molecule has 0 amide bonds. The summed E-state index contributed by atoms with van der Waals surface area (Å²) in [6, 6.07) is -0.326. The van der Waals surface area contributed by atoms with E-state index in [0.717, 1.165) is 52.1 Å². The number of nitrogens with one attached hydrogen (secondary N) is 5. The largest absolute Gasteiger partial charge is 0.600 e. The molecule has 0 spiro atoms. The number of hydrogen-bond acceptors (Lipinski definition) is 7. The summed E-state index contributed by atoms with van der Waals surface area (Å²) in [6.45, 7) is 7.68. The number of halogens is 1. The van der Waals surface area contributed by atoms with Gasteiger partial charge in [0, 0.05) is 13.1 Å². The summed E-state index contributed by atoms with van der Waals surface area (Å²) in [5, 5.41) is 39.6. The van der Waals surface area contributed by atoms with Crippen molar-refractivity contribution >= 4 is 12.4 Å². The Bertz CT molecular complexity index is 204. The van der Waals surface area contributed by atoms with Crippen LogP contribution in [0.15, 0.2) is 0 Å². The molecule has 0 rings (SSSR count). The molecule has 0 aromatic rings. The molecule has 7 N–H and O–H groups in total. The predicted octanol–water partition coefficient (Wildman–Crippen LogP) is -2.34. The van der Waals surface area contributed by atoms with Gasteiger partial charge in [-0.25, -0.2) is 10.4 Å². The molecule has 21 heavy (non-hydrogen) atoms. The predicted molar refractivity (Wildman–Crippen MR) is 85.8 cm³/mol. The number of hydroxylamine groups is 2. The third kappa shape index (κ3) is 17.9. The highest BCUT2D eigenvalue weighted by Gasteiger charge is 2.05. The molecule has 0 fully saturated rings. The lowest BCUT2D eigenvalue weighted by Crippen LogP contribution is -3.09. The summed E-state index contributed by atoms with van der Waals surface area (Å²) in [4.78, 5) is 0. The van der Waals surface area contributed by atoms with E-state index in [9.17, 15) is 5.21 Å². The summed E-state index contributed by atoms with van der Waals surface area (Å²) in [7, 11) is 0. The van der Waals surface area contributed by atoms with E-state index in [2.05, 4.69) is 21.3 Å². The molecule has 2 atom stereocenters. The molecule has 0 saturated heterocycles. The molecule has 9 heteroatoms. The lowest BCUT2D eigenvalue weighted by atomic mass is 10.3. The number of hydrogen-bond donors (Lipinski definition) is 7. The second kappa shape index (κ2) is 18.0. The minimum absolute atomic E-state index is 0. The lowest BCUT2D eigenvalue weighted by Gasteiger charge is -2.20. The van der Waals surface area contributed by atoms with Gasteiger partial charge in [0.1, 0.15) is 6.04 Å². The van der Waals surface area contributed by atoms with Crippen LogP contribution < -0.4 is 26.5 Å². The quantitative estimate of drug-likeness (QED) is 0.102. The third-order valence-electron chi connectivity index (χ3n) is 2.88. The fourth-order valence-corrected chi connectivity index (χ4v) is 1.59. The van der Waals surface area contributed by atoms with Crippen molar-refractivity contribution < 1.29 is 15.5 Å². The Morgan fingerprint density at radius 2 is 1.38 bits per heavy atom. The Morgan fingerprint density at radius 3 is 1.86 bits per heavy atom. The smallest absolute Gasteiger partial charge is 0.126 e. The highest BCUT2D eigenvalue weighted by atomic mass is 35.5. The Labute approximate surface area is 133 Å². The second-order valence-electron chi connectivity index (χ2n) is 4.81. The monoisotopic (exact) mass is 329 g/mol. The van der Waals surface area contributed by atoms with E-state index < -0.39 is 5.23 Å². The maximum Gasteiger partial charge on any atom is 0.126 e. The number of aliphatic hydroxyl groups is 1. The van der Waals surface area contributed by atoms with Gasteiger partial charge in [0.25, 0.3) is 0 Å². The summed E-state index contributed by atoms with van der Waals surface area (Å²) in [6.07, 6.45) is 2.00. The topological polar surface area (TPSA) is 116 Å². The summed E-state index contributed by atoms with van der Waals surface area (Å²) in [5.41, 5.74) is 0. The van der Waals surface area contributed by atoms with Gasteiger partial charge in [0.15, 0.2) is 0 Å². The molecular formula is C12H32ClN5O3. The van der Waals surface area contributed by atoms with E-state index in [1.165, 1.54) is 0 Å².